The Morgan fingerprint density at radius 1 is 0.758 bits per heavy atom. The van der Waals surface area contributed by atoms with Crippen LogP contribution in [0.25, 0.3) is 10.8 Å². The SMILES string of the molecule is O=C(Nc1cc2ccccc2cc1C(=O)Nc1cscc1C(=O)O)Nc1c(Cl)cccc1Cl. The minimum absolute atomic E-state index is 0.0187. The molecule has 3 aromatic carbocycles. The summed E-state index contributed by atoms with van der Waals surface area (Å²) < 4.78 is 0. The number of halogens is 2. The number of nitrogens with one attached hydrogen (secondary N) is 3. The minimum Gasteiger partial charge on any atom is -0.478 e. The molecule has 0 spiro atoms. The number of carboxylic acids is 1. The van der Waals surface area contributed by atoms with Gasteiger partial charge in [-0.05, 0) is 35.0 Å². The fraction of sp³-hybridized carbons (Fsp3) is 0. The molecule has 4 aromatic rings. The van der Waals surface area contributed by atoms with Crippen molar-refractivity contribution in [2.24, 2.45) is 0 Å². The van der Waals surface area contributed by atoms with E-state index in [-0.39, 0.29) is 38.2 Å². The third-order valence-corrected chi connectivity index (χ3v) is 6.09. The van der Waals surface area contributed by atoms with Crippen molar-refractivity contribution >= 4 is 80.3 Å². The van der Waals surface area contributed by atoms with Crippen LogP contribution in [0, 0.1) is 0 Å². The van der Waals surface area contributed by atoms with Crippen molar-refractivity contribution in [2.45, 2.75) is 0 Å². The standard InChI is InChI=1S/C23H15Cl2N3O4S/c24-16-6-3-7-17(25)20(16)28-23(32)27-18-9-13-5-2-1-4-12(13)8-14(18)21(29)26-19-11-33-10-15(19)22(30)31/h1-11H,(H,26,29)(H,30,31)(H2,27,28,32). The first-order valence-electron chi connectivity index (χ1n) is 9.49. The zero-order valence-electron chi connectivity index (χ0n) is 16.7. The summed E-state index contributed by atoms with van der Waals surface area (Å²) >= 11 is 13.4. The van der Waals surface area contributed by atoms with Crippen LogP contribution < -0.4 is 16.0 Å². The maximum Gasteiger partial charge on any atom is 0.338 e. The van der Waals surface area contributed by atoms with Crippen LogP contribution in [0.3, 0.4) is 0 Å². The summed E-state index contributed by atoms with van der Waals surface area (Å²) in [5.74, 6) is -1.73. The van der Waals surface area contributed by atoms with Crippen LogP contribution in [-0.4, -0.2) is 23.0 Å². The third-order valence-electron chi connectivity index (χ3n) is 4.72. The second-order valence-corrected chi connectivity index (χ2v) is 8.44. The molecule has 0 aliphatic heterocycles. The molecule has 3 amide bonds. The van der Waals surface area contributed by atoms with Crippen molar-refractivity contribution in [2.75, 3.05) is 16.0 Å². The molecular weight excluding hydrogens is 485 g/mol. The highest BCUT2D eigenvalue weighted by atomic mass is 35.5. The zero-order valence-corrected chi connectivity index (χ0v) is 19.0. The predicted molar refractivity (Wildman–Crippen MR) is 132 cm³/mol. The first-order chi connectivity index (χ1) is 15.8. The van der Waals surface area contributed by atoms with Crippen LogP contribution in [-0.2, 0) is 0 Å². The van der Waals surface area contributed by atoms with Gasteiger partial charge in [-0.15, -0.1) is 11.3 Å². The van der Waals surface area contributed by atoms with E-state index in [2.05, 4.69) is 16.0 Å². The van der Waals surface area contributed by atoms with Gasteiger partial charge in [-0.2, -0.15) is 0 Å². The van der Waals surface area contributed by atoms with Gasteiger partial charge < -0.3 is 21.1 Å². The molecule has 7 nitrogen and oxygen atoms in total. The predicted octanol–water partition coefficient (Wildman–Crippen LogP) is 6.80. The Labute approximate surface area is 201 Å². The van der Waals surface area contributed by atoms with Gasteiger partial charge in [0.05, 0.1) is 38.2 Å². The summed E-state index contributed by atoms with van der Waals surface area (Å²) in [5, 5.41) is 22.2. The van der Waals surface area contributed by atoms with Crippen molar-refractivity contribution in [3.05, 3.63) is 86.5 Å². The molecule has 4 rings (SSSR count). The van der Waals surface area contributed by atoms with Crippen molar-refractivity contribution in [1.29, 1.82) is 0 Å². The normalized spacial score (nSPS) is 10.6. The number of hydrogen-bond acceptors (Lipinski definition) is 4. The molecule has 166 valence electrons. The lowest BCUT2D eigenvalue weighted by molar-refractivity contribution is 0.0698. The molecule has 10 heteroatoms. The molecule has 0 aliphatic carbocycles. The number of urea groups is 1. The maximum absolute atomic E-state index is 13.1. The molecular formula is C23H15Cl2N3O4S. The fourth-order valence-corrected chi connectivity index (χ4v) is 4.41. The highest BCUT2D eigenvalue weighted by Crippen LogP contribution is 2.31. The number of aromatic carboxylic acids is 1. The highest BCUT2D eigenvalue weighted by Gasteiger charge is 2.19. The zero-order chi connectivity index (χ0) is 23.5. The van der Waals surface area contributed by atoms with E-state index < -0.39 is 17.9 Å². The van der Waals surface area contributed by atoms with Crippen molar-refractivity contribution in [3.63, 3.8) is 0 Å². The lowest BCUT2D eigenvalue weighted by Gasteiger charge is -2.15. The second kappa shape index (κ2) is 9.50. The summed E-state index contributed by atoms with van der Waals surface area (Å²) in [7, 11) is 0. The van der Waals surface area contributed by atoms with Crippen LogP contribution in [0.2, 0.25) is 10.0 Å². The summed E-state index contributed by atoms with van der Waals surface area (Å²) in [4.78, 5) is 37.2. The largest absolute Gasteiger partial charge is 0.478 e. The smallest absolute Gasteiger partial charge is 0.338 e. The van der Waals surface area contributed by atoms with Crippen molar-refractivity contribution in [1.82, 2.24) is 0 Å². The van der Waals surface area contributed by atoms with E-state index >= 15 is 0 Å². The van der Waals surface area contributed by atoms with Gasteiger partial charge >= 0.3 is 12.0 Å². The highest BCUT2D eigenvalue weighted by molar-refractivity contribution is 7.08. The molecule has 0 bridgehead atoms. The molecule has 0 saturated carbocycles. The van der Waals surface area contributed by atoms with Gasteiger partial charge in [-0.25, -0.2) is 9.59 Å². The first-order valence-corrected chi connectivity index (χ1v) is 11.2. The van der Waals surface area contributed by atoms with E-state index in [4.69, 9.17) is 23.2 Å². The Bertz CT molecular complexity index is 1380. The molecule has 0 aliphatic rings. The van der Waals surface area contributed by atoms with Crippen LogP contribution in [0.4, 0.5) is 21.9 Å². The summed E-state index contributed by atoms with van der Waals surface area (Å²) in [5.41, 5.74) is 0.754. The third kappa shape index (κ3) is 4.93. The Morgan fingerprint density at radius 2 is 1.42 bits per heavy atom. The van der Waals surface area contributed by atoms with Gasteiger partial charge in [0.25, 0.3) is 5.91 Å². The van der Waals surface area contributed by atoms with Crippen LogP contribution in [0.1, 0.15) is 20.7 Å². The number of rotatable bonds is 5. The monoisotopic (exact) mass is 499 g/mol. The molecule has 1 aromatic heterocycles. The number of carboxylic acid groups (broad SMARTS) is 1. The summed E-state index contributed by atoms with van der Waals surface area (Å²) in [6.45, 7) is 0. The van der Waals surface area contributed by atoms with E-state index in [9.17, 15) is 19.5 Å². The Balaban J connectivity index is 1.67. The summed E-state index contributed by atoms with van der Waals surface area (Å²) in [6.07, 6.45) is 0. The van der Waals surface area contributed by atoms with Crippen molar-refractivity contribution < 1.29 is 19.5 Å². The van der Waals surface area contributed by atoms with Crippen molar-refractivity contribution in [3.8, 4) is 0 Å². The molecule has 0 atom stereocenters. The van der Waals surface area contributed by atoms with E-state index in [0.29, 0.717) is 0 Å². The topological polar surface area (TPSA) is 108 Å². The fourth-order valence-electron chi connectivity index (χ4n) is 3.17. The molecule has 0 unspecified atom stereocenters. The second-order valence-electron chi connectivity index (χ2n) is 6.88. The molecule has 0 fully saturated rings. The summed E-state index contributed by atoms with van der Waals surface area (Å²) in [6, 6.07) is 14.8. The number of anilines is 3. The number of amides is 3. The van der Waals surface area contributed by atoms with Gasteiger partial charge in [-0.3, -0.25) is 4.79 Å². The van der Waals surface area contributed by atoms with Gasteiger partial charge in [0.2, 0.25) is 0 Å². The van der Waals surface area contributed by atoms with Gasteiger partial charge in [0.15, 0.2) is 0 Å². The minimum atomic E-state index is -1.15. The molecule has 33 heavy (non-hydrogen) atoms. The molecule has 0 radical (unpaired) electrons. The quantitative estimate of drug-likeness (QED) is 0.242. The Kier molecular flexibility index (Phi) is 6.50. The van der Waals surface area contributed by atoms with Crippen LogP contribution in [0.5, 0.6) is 0 Å². The van der Waals surface area contributed by atoms with E-state index in [0.717, 1.165) is 22.1 Å². The average molecular weight is 500 g/mol. The van der Waals surface area contributed by atoms with E-state index in [1.807, 2.05) is 24.3 Å². The van der Waals surface area contributed by atoms with E-state index in [1.54, 1.807) is 30.3 Å². The molecule has 0 saturated heterocycles. The van der Waals surface area contributed by atoms with Gasteiger partial charge in [0.1, 0.15) is 0 Å². The molecule has 4 N–H and O–H groups in total. The Morgan fingerprint density at radius 3 is 2.09 bits per heavy atom. The van der Waals surface area contributed by atoms with Gasteiger partial charge in [0, 0.05) is 10.8 Å². The number of thiophene rings is 1. The first kappa shape index (κ1) is 22.6. The number of carbonyl (C=O) groups is 3. The van der Waals surface area contributed by atoms with Gasteiger partial charge in [-0.1, -0.05) is 53.5 Å². The number of fused-ring (bicyclic) bond motifs is 1. The maximum atomic E-state index is 13.1. The van der Waals surface area contributed by atoms with E-state index in [1.165, 1.54) is 10.8 Å². The number of hydrogen-bond donors (Lipinski definition) is 4. The number of para-hydroxylation sites is 1. The average Bonchev–Trinajstić information content (AvgIpc) is 3.24. The van der Waals surface area contributed by atoms with Crippen LogP contribution >= 0.6 is 34.5 Å². The number of benzene rings is 3. The Hall–Kier alpha value is -3.59. The lowest BCUT2D eigenvalue weighted by Crippen LogP contribution is -2.23. The van der Waals surface area contributed by atoms with Crippen LogP contribution in [0.15, 0.2) is 65.4 Å². The molecule has 1 heterocycles. The lowest BCUT2D eigenvalue weighted by atomic mass is 10.0. The number of carbonyl (C=O) groups excluding carboxylic acids is 2.